The summed E-state index contributed by atoms with van der Waals surface area (Å²) < 4.78 is 3.43. The molecular weight excluding hydrogens is 414 g/mol. The summed E-state index contributed by atoms with van der Waals surface area (Å²) in [5.41, 5.74) is 2.41. The molecule has 0 radical (unpaired) electrons. The molecule has 4 nitrogen and oxygen atoms in total. The Morgan fingerprint density at radius 2 is 1.75 bits per heavy atom. The minimum atomic E-state index is 0.256. The molecule has 28 heavy (non-hydrogen) atoms. The third kappa shape index (κ3) is 5.60. The molecule has 0 unspecified atom stereocenters. The highest BCUT2D eigenvalue weighted by molar-refractivity contribution is 9.10. The number of likely N-dealkylation sites (N-methyl/N-ethyl adjacent to an activating group) is 1. The van der Waals surface area contributed by atoms with E-state index < -0.39 is 0 Å². The molecule has 1 saturated heterocycles. The van der Waals surface area contributed by atoms with Crippen molar-refractivity contribution >= 4 is 32.7 Å². The number of fused-ring (bicyclic) bond motifs is 1. The molecule has 0 atom stereocenters. The van der Waals surface area contributed by atoms with E-state index in [1.807, 2.05) is 4.90 Å². The van der Waals surface area contributed by atoms with Crippen molar-refractivity contribution in [3.05, 3.63) is 34.4 Å². The van der Waals surface area contributed by atoms with Gasteiger partial charge < -0.3 is 14.4 Å². The molecule has 3 rings (SSSR count). The van der Waals surface area contributed by atoms with Crippen LogP contribution in [-0.2, 0) is 17.8 Å². The Kier molecular flexibility index (Phi) is 7.98. The van der Waals surface area contributed by atoms with Crippen molar-refractivity contribution < 1.29 is 4.79 Å². The van der Waals surface area contributed by atoms with Gasteiger partial charge >= 0.3 is 0 Å². The van der Waals surface area contributed by atoms with Gasteiger partial charge in [0, 0.05) is 54.3 Å². The first-order chi connectivity index (χ1) is 13.6. The molecule has 0 spiro atoms. The van der Waals surface area contributed by atoms with Crippen molar-refractivity contribution in [1.82, 2.24) is 14.4 Å². The molecule has 1 amide bonds. The topological polar surface area (TPSA) is 28.5 Å². The number of rotatable bonds is 9. The van der Waals surface area contributed by atoms with Crippen LogP contribution >= 0.6 is 15.9 Å². The van der Waals surface area contributed by atoms with Gasteiger partial charge in [-0.2, -0.15) is 0 Å². The minimum absolute atomic E-state index is 0.256. The number of aryl methyl sites for hydroxylation is 1. The molecule has 1 aromatic heterocycles. The summed E-state index contributed by atoms with van der Waals surface area (Å²) in [6, 6.07) is 6.45. The van der Waals surface area contributed by atoms with Gasteiger partial charge in [0.25, 0.3) is 0 Å². The number of halogens is 1. The van der Waals surface area contributed by atoms with Gasteiger partial charge in [-0.1, -0.05) is 55.0 Å². The molecule has 2 aromatic rings. The van der Waals surface area contributed by atoms with E-state index in [1.54, 1.807) is 0 Å². The Bertz CT molecular complexity index is 777. The van der Waals surface area contributed by atoms with E-state index in [2.05, 4.69) is 63.8 Å². The summed E-state index contributed by atoms with van der Waals surface area (Å²) in [5, 5.41) is 1.21. The molecule has 0 N–H and O–H groups in total. The van der Waals surface area contributed by atoms with Crippen LogP contribution in [0.4, 0.5) is 0 Å². The van der Waals surface area contributed by atoms with E-state index in [9.17, 15) is 4.79 Å². The lowest BCUT2D eigenvalue weighted by Gasteiger charge is -2.32. The van der Waals surface area contributed by atoms with Crippen molar-refractivity contribution in [2.24, 2.45) is 0 Å². The van der Waals surface area contributed by atoms with Crippen molar-refractivity contribution in [2.75, 3.05) is 33.2 Å². The molecule has 2 heterocycles. The van der Waals surface area contributed by atoms with Gasteiger partial charge in [-0.3, -0.25) is 4.79 Å². The molecule has 1 aliphatic heterocycles. The third-order valence-electron chi connectivity index (χ3n) is 5.88. The normalized spacial score (nSPS) is 15.5. The van der Waals surface area contributed by atoms with Gasteiger partial charge in [-0.25, -0.2) is 0 Å². The molecular formula is C23H34BrN3O. The second-order valence-electron chi connectivity index (χ2n) is 8.14. The van der Waals surface area contributed by atoms with Crippen molar-refractivity contribution in [3.63, 3.8) is 0 Å². The Hall–Kier alpha value is -1.33. The SMILES string of the molecule is CCCCCCCCn1cc(CC(=O)N2CCN(C)CC2)c2cc(Br)ccc21. The molecule has 1 fully saturated rings. The fourth-order valence-corrected chi connectivity index (χ4v) is 4.42. The Morgan fingerprint density at radius 3 is 2.50 bits per heavy atom. The summed E-state index contributed by atoms with van der Waals surface area (Å²) in [7, 11) is 2.12. The van der Waals surface area contributed by atoms with Gasteiger partial charge in [0.1, 0.15) is 0 Å². The molecule has 154 valence electrons. The number of piperazine rings is 1. The zero-order chi connectivity index (χ0) is 19.9. The molecule has 0 saturated carbocycles. The maximum Gasteiger partial charge on any atom is 0.227 e. The maximum absolute atomic E-state index is 12.9. The van der Waals surface area contributed by atoms with E-state index in [-0.39, 0.29) is 5.91 Å². The quantitative estimate of drug-likeness (QED) is 0.501. The van der Waals surface area contributed by atoms with Crippen molar-refractivity contribution in [1.29, 1.82) is 0 Å². The zero-order valence-corrected chi connectivity index (χ0v) is 19.0. The van der Waals surface area contributed by atoms with Crippen LogP contribution in [0.1, 0.15) is 51.0 Å². The first kappa shape index (κ1) is 21.4. The number of hydrogen-bond donors (Lipinski definition) is 0. The van der Waals surface area contributed by atoms with E-state index in [0.29, 0.717) is 6.42 Å². The van der Waals surface area contributed by atoms with Crippen LogP contribution in [0.3, 0.4) is 0 Å². The second kappa shape index (κ2) is 10.4. The minimum Gasteiger partial charge on any atom is -0.347 e. The molecule has 0 aliphatic carbocycles. The maximum atomic E-state index is 12.9. The van der Waals surface area contributed by atoms with Crippen LogP contribution in [0.25, 0.3) is 10.9 Å². The fourth-order valence-electron chi connectivity index (χ4n) is 4.06. The Morgan fingerprint density at radius 1 is 1.04 bits per heavy atom. The van der Waals surface area contributed by atoms with Crippen LogP contribution in [0.5, 0.6) is 0 Å². The lowest BCUT2D eigenvalue weighted by molar-refractivity contribution is -0.132. The highest BCUT2D eigenvalue weighted by atomic mass is 79.9. The van der Waals surface area contributed by atoms with Gasteiger partial charge in [-0.15, -0.1) is 0 Å². The van der Waals surface area contributed by atoms with E-state index in [0.717, 1.165) is 42.8 Å². The number of carbonyl (C=O) groups is 1. The first-order valence-corrected chi connectivity index (χ1v) is 11.6. The summed E-state index contributed by atoms with van der Waals surface area (Å²) in [6.07, 6.45) is 10.5. The first-order valence-electron chi connectivity index (χ1n) is 10.8. The lowest BCUT2D eigenvalue weighted by atomic mass is 10.1. The van der Waals surface area contributed by atoms with Crippen molar-refractivity contribution in [2.45, 2.75) is 58.4 Å². The number of amides is 1. The molecule has 1 aromatic carbocycles. The summed E-state index contributed by atoms with van der Waals surface area (Å²) in [4.78, 5) is 17.2. The average Bonchev–Trinajstić information content (AvgIpc) is 3.01. The van der Waals surface area contributed by atoms with Gasteiger partial charge in [0.2, 0.25) is 5.91 Å². The molecule has 1 aliphatic rings. The highest BCUT2D eigenvalue weighted by Gasteiger charge is 2.21. The number of hydrogen-bond acceptors (Lipinski definition) is 2. The lowest BCUT2D eigenvalue weighted by Crippen LogP contribution is -2.47. The predicted octanol–water partition coefficient (Wildman–Crippen LogP) is 5.08. The number of carbonyl (C=O) groups excluding carboxylic acids is 1. The Labute approximate surface area is 178 Å². The van der Waals surface area contributed by atoms with E-state index in [4.69, 9.17) is 0 Å². The van der Waals surface area contributed by atoms with Crippen LogP contribution in [-0.4, -0.2) is 53.5 Å². The number of nitrogens with zero attached hydrogens (tertiary/aromatic N) is 3. The smallest absolute Gasteiger partial charge is 0.227 e. The van der Waals surface area contributed by atoms with Crippen molar-refractivity contribution in [3.8, 4) is 0 Å². The number of benzene rings is 1. The Balaban J connectivity index is 1.67. The van der Waals surface area contributed by atoms with Gasteiger partial charge in [0.15, 0.2) is 0 Å². The zero-order valence-electron chi connectivity index (χ0n) is 17.4. The third-order valence-corrected chi connectivity index (χ3v) is 6.37. The number of unbranched alkanes of at least 4 members (excludes halogenated alkanes) is 5. The van der Waals surface area contributed by atoms with Gasteiger partial charge in [0.05, 0.1) is 6.42 Å². The van der Waals surface area contributed by atoms with E-state index in [1.165, 1.54) is 49.4 Å². The second-order valence-corrected chi connectivity index (χ2v) is 9.05. The molecule has 0 bridgehead atoms. The fraction of sp³-hybridized carbons (Fsp3) is 0.609. The summed E-state index contributed by atoms with van der Waals surface area (Å²) in [5.74, 6) is 0.256. The summed E-state index contributed by atoms with van der Waals surface area (Å²) in [6.45, 7) is 6.92. The van der Waals surface area contributed by atoms with Crippen LogP contribution in [0.15, 0.2) is 28.9 Å². The van der Waals surface area contributed by atoms with Crippen LogP contribution < -0.4 is 0 Å². The standard InChI is InChI=1S/C23H34BrN3O/c1-3-4-5-6-7-8-11-27-18-19(21-17-20(24)9-10-22(21)27)16-23(28)26-14-12-25(2)13-15-26/h9-10,17-18H,3-8,11-16H2,1-2H3. The monoisotopic (exact) mass is 447 g/mol. The average molecular weight is 448 g/mol. The summed E-state index contributed by atoms with van der Waals surface area (Å²) >= 11 is 3.60. The van der Waals surface area contributed by atoms with E-state index >= 15 is 0 Å². The van der Waals surface area contributed by atoms with Gasteiger partial charge in [-0.05, 0) is 37.2 Å². The highest BCUT2D eigenvalue weighted by Crippen LogP contribution is 2.27. The number of aromatic nitrogens is 1. The largest absolute Gasteiger partial charge is 0.347 e. The van der Waals surface area contributed by atoms with Crippen LogP contribution in [0.2, 0.25) is 0 Å². The molecule has 5 heteroatoms. The van der Waals surface area contributed by atoms with Crippen LogP contribution in [0, 0.1) is 0 Å². The predicted molar refractivity (Wildman–Crippen MR) is 121 cm³/mol.